The van der Waals surface area contributed by atoms with Gasteiger partial charge in [0.05, 0.1) is 17.4 Å². The average molecular weight is 435 g/mol. The molecule has 5 N–H and O–H groups in total. The summed E-state index contributed by atoms with van der Waals surface area (Å²) in [4.78, 5) is 37.4. The Balaban J connectivity index is 1.97. The first kappa shape index (κ1) is 22.8. The number of hydrogen-bond acceptors (Lipinski definition) is 4. The summed E-state index contributed by atoms with van der Waals surface area (Å²) in [6.45, 7) is 4.35. The molecule has 8 heteroatoms. The van der Waals surface area contributed by atoms with E-state index in [4.69, 9.17) is 0 Å². The number of carboxylic acid groups (broad SMARTS) is 1. The number of urea groups is 1. The Morgan fingerprint density at radius 3 is 2.06 bits per heavy atom. The van der Waals surface area contributed by atoms with E-state index in [-0.39, 0.29) is 11.3 Å². The minimum atomic E-state index is -1.91. The molecule has 166 valence electrons. The van der Waals surface area contributed by atoms with Crippen LogP contribution >= 0.6 is 0 Å². The molecule has 0 spiro atoms. The standard InChI is InChI=1S/C24H25N3O5/c1-14-8-4-7-11-19(14)25-23(32)26-20-13-17-10-6-5-9-16(17)12-18(20)21(29)27-24(3,15(2)28)22(30)31/h4-13,15,28H,1-3H3,(H,27,29)(H,30,31)(H2,25,26,32)/t15-,24?/m1/s1. The number of rotatable bonds is 6. The van der Waals surface area contributed by atoms with E-state index >= 15 is 0 Å². The topological polar surface area (TPSA) is 128 Å². The largest absolute Gasteiger partial charge is 0.479 e. The van der Waals surface area contributed by atoms with Crippen molar-refractivity contribution in [2.24, 2.45) is 0 Å². The molecular weight excluding hydrogens is 410 g/mol. The maximum atomic E-state index is 13.1. The van der Waals surface area contributed by atoms with E-state index in [0.717, 1.165) is 16.3 Å². The SMILES string of the molecule is Cc1ccccc1NC(=O)Nc1cc2ccccc2cc1C(=O)NC(C)(C(=O)O)[C@@H](C)O. The number of para-hydroxylation sites is 1. The maximum Gasteiger partial charge on any atom is 0.331 e. The molecule has 2 atom stereocenters. The third kappa shape index (κ3) is 4.70. The maximum absolute atomic E-state index is 13.1. The van der Waals surface area contributed by atoms with Gasteiger partial charge in [-0.1, -0.05) is 42.5 Å². The second kappa shape index (κ2) is 9.07. The fraction of sp³-hybridized carbons (Fsp3) is 0.208. The lowest BCUT2D eigenvalue weighted by molar-refractivity contribution is -0.148. The molecule has 32 heavy (non-hydrogen) atoms. The minimum Gasteiger partial charge on any atom is -0.479 e. The van der Waals surface area contributed by atoms with Crippen LogP contribution in [0.25, 0.3) is 10.8 Å². The number of carboxylic acids is 1. The van der Waals surface area contributed by atoms with Crippen LogP contribution in [0, 0.1) is 6.92 Å². The van der Waals surface area contributed by atoms with E-state index in [2.05, 4.69) is 16.0 Å². The highest BCUT2D eigenvalue weighted by Crippen LogP contribution is 2.26. The number of aryl methyl sites for hydroxylation is 1. The Kier molecular flexibility index (Phi) is 6.45. The van der Waals surface area contributed by atoms with E-state index in [1.165, 1.54) is 13.8 Å². The molecule has 3 aromatic rings. The van der Waals surface area contributed by atoms with Crippen molar-refractivity contribution in [2.75, 3.05) is 10.6 Å². The van der Waals surface area contributed by atoms with Crippen LogP contribution in [0.15, 0.2) is 60.7 Å². The lowest BCUT2D eigenvalue weighted by Gasteiger charge is -2.29. The number of aliphatic carboxylic acids is 1. The number of aliphatic hydroxyl groups is 1. The third-order valence-electron chi connectivity index (χ3n) is 5.42. The van der Waals surface area contributed by atoms with Crippen molar-refractivity contribution in [1.29, 1.82) is 0 Å². The fourth-order valence-corrected chi connectivity index (χ4v) is 3.16. The quantitative estimate of drug-likeness (QED) is 0.403. The molecule has 0 aliphatic heterocycles. The number of nitrogens with one attached hydrogen (secondary N) is 3. The molecule has 0 bridgehead atoms. The number of benzene rings is 3. The summed E-state index contributed by atoms with van der Waals surface area (Å²) in [5.41, 5.74) is -0.163. The van der Waals surface area contributed by atoms with Crippen LogP contribution in [0.4, 0.5) is 16.2 Å². The molecule has 0 saturated heterocycles. The van der Waals surface area contributed by atoms with Crippen molar-refractivity contribution >= 4 is 40.1 Å². The first-order valence-electron chi connectivity index (χ1n) is 10.0. The molecule has 0 aromatic heterocycles. The molecule has 8 nitrogen and oxygen atoms in total. The Hall–Kier alpha value is -3.91. The Morgan fingerprint density at radius 2 is 1.47 bits per heavy atom. The van der Waals surface area contributed by atoms with Gasteiger partial charge in [-0.2, -0.15) is 0 Å². The van der Waals surface area contributed by atoms with Gasteiger partial charge < -0.3 is 26.2 Å². The van der Waals surface area contributed by atoms with Crippen molar-refractivity contribution in [1.82, 2.24) is 5.32 Å². The van der Waals surface area contributed by atoms with Crippen LogP contribution in [-0.2, 0) is 4.79 Å². The number of carbonyl (C=O) groups excluding carboxylic acids is 2. The van der Waals surface area contributed by atoms with E-state index in [1.54, 1.807) is 36.4 Å². The molecule has 3 aromatic carbocycles. The zero-order chi connectivity index (χ0) is 23.5. The monoisotopic (exact) mass is 435 g/mol. The molecule has 0 aliphatic carbocycles. The van der Waals surface area contributed by atoms with Crippen molar-refractivity contribution < 1.29 is 24.6 Å². The number of fused-ring (bicyclic) bond motifs is 1. The Bertz CT molecular complexity index is 1190. The van der Waals surface area contributed by atoms with Gasteiger partial charge in [-0.25, -0.2) is 9.59 Å². The molecule has 1 unspecified atom stereocenters. The van der Waals surface area contributed by atoms with E-state index < -0.39 is 29.6 Å². The molecule has 0 aliphatic rings. The highest BCUT2D eigenvalue weighted by Gasteiger charge is 2.40. The summed E-state index contributed by atoms with van der Waals surface area (Å²) in [6.07, 6.45) is -1.36. The first-order valence-corrected chi connectivity index (χ1v) is 10.0. The van der Waals surface area contributed by atoms with Gasteiger partial charge in [0, 0.05) is 5.69 Å². The zero-order valence-corrected chi connectivity index (χ0v) is 18.0. The lowest BCUT2D eigenvalue weighted by Crippen LogP contribution is -2.59. The van der Waals surface area contributed by atoms with Crippen LogP contribution in [0.3, 0.4) is 0 Å². The molecule has 3 rings (SSSR count). The van der Waals surface area contributed by atoms with Crippen LogP contribution < -0.4 is 16.0 Å². The summed E-state index contributed by atoms with van der Waals surface area (Å²) in [5.74, 6) is -2.12. The van der Waals surface area contributed by atoms with Crippen LogP contribution in [0.1, 0.15) is 29.8 Å². The van der Waals surface area contributed by atoms with Gasteiger partial charge >= 0.3 is 12.0 Å². The van der Waals surface area contributed by atoms with Gasteiger partial charge in [-0.05, 0) is 55.3 Å². The summed E-state index contributed by atoms with van der Waals surface area (Å²) >= 11 is 0. The van der Waals surface area contributed by atoms with Crippen LogP contribution in [0.2, 0.25) is 0 Å². The number of anilines is 2. The Labute approximate surface area is 185 Å². The van der Waals surface area contributed by atoms with Crippen LogP contribution in [-0.4, -0.2) is 39.8 Å². The van der Waals surface area contributed by atoms with Crippen LogP contribution in [0.5, 0.6) is 0 Å². The molecule has 0 radical (unpaired) electrons. The molecule has 0 saturated carbocycles. The number of carbonyl (C=O) groups is 3. The highest BCUT2D eigenvalue weighted by atomic mass is 16.4. The second-order valence-corrected chi connectivity index (χ2v) is 7.78. The highest BCUT2D eigenvalue weighted by molar-refractivity contribution is 6.10. The van der Waals surface area contributed by atoms with E-state index in [9.17, 15) is 24.6 Å². The van der Waals surface area contributed by atoms with E-state index in [1.807, 2.05) is 31.2 Å². The van der Waals surface area contributed by atoms with Gasteiger partial charge in [-0.3, -0.25) is 4.79 Å². The predicted molar refractivity (Wildman–Crippen MR) is 123 cm³/mol. The fourth-order valence-electron chi connectivity index (χ4n) is 3.16. The number of amides is 3. The minimum absolute atomic E-state index is 0.0664. The summed E-state index contributed by atoms with van der Waals surface area (Å²) < 4.78 is 0. The molecule has 0 fully saturated rings. The predicted octanol–water partition coefficient (Wildman–Crippen LogP) is 3.75. The lowest BCUT2D eigenvalue weighted by atomic mass is 9.95. The van der Waals surface area contributed by atoms with Gasteiger partial charge in [0.25, 0.3) is 5.91 Å². The van der Waals surface area contributed by atoms with Gasteiger partial charge in [0.1, 0.15) is 0 Å². The average Bonchev–Trinajstić information content (AvgIpc) is 2.74. The zero-order valence-electron chi connectivity index (χ0n) is 18.0. The normalized spacial score (nSPS) is 13.6. The van der Waals surface area contributed by atoms with Crippen molar-refractivity contribution in [2.45, 2.75) is 32.4 Å². The van der Waals surface area contributed by atoms with Gasteiger partial charge in [0.2, 0.25) is 0 Å². The van der Waals surface area contributed by atoms with Gasteiger partial charge in [0.15, 0.2) is 5.54 Å². The van der Waals surface area contributed by atoms with Crippen molar-refractivity contribution in [3.8, 4) is 0 Å². The molecule has 3 amide bonds. The number of hydrogen-bond donors (Lipinski definition) is 5. The Morgan fingerprint density at radius 1 is 0.906 bits per heavy atom. The second-order valence-electron chi connectivity index (χ2n) is 7.78. The number of aliphatic hydroxyl groups excluding tert-OH is 1. The third-order valence-corrected chi connectivity index (χ3v) is 5.42. The molecular formula is C24H25N3O5. The smallest absolute Gasteiger partial charge is 0.331 e. The van der Waals surface area contributed by atoms with E-state index in [0.29, 0.717) is 5.69 Å². The van der Waals surface area contributed by atoms with Crippen molar-refractivity contribution in [3.63, 3.8) is 0 Å². The molecule has 0 heterocycles. The van der Waals surface area contributed by atoms with Crippen molar-refractivity contribution in [3.05, 3.63) is 71.8 Å². The summed E-state index contributed by atoms with van der Waals surface area (Å²) in [7, 11) is 0. The van der Waals surface area contributed by atoms with Gasteiger partial charge in [-0.15, -0.1) is 0 Å². The summed E-state index contributed by atoms with van der Waals surface area (Å²) in [6, 6.07) is 17.2. The first-order chi connectivity index (χ1) is 15.1. The summed E-state index contributed by atoms with van der Waals surface area (Å²) in [5, 5.41) is 28.8.